The molecule has 0 fully saturated rings. The van der Waals surface area contributed by atoms with Crippen molar-refractivity contribution in [2.24, 2.45) is 0 Å². The molecule has 1 aliphatic rings. The first kappa shape index (κ1) is 18.4. The monoisotopic (exact) mass is 368 g/mol. The Morgan fingerprint density at radius 3 is 2.67 bits per heavy atom. The zero-order valence-corrected chi connectivity index (χ0v) is 15.1. The van der Waals surface area contributed by atoms with Gasteiger partial charge in [0.2, 0.25) is 5.91 Å². The fourth-order valence-corrected chi connectivity index (χ4v) is 2.96. The number of rotatable bonds is 5. The number of hydrogen-bond acceptors (Lipinski definition) is 4. The average molecular weight is 368 g/mol. The first-order valence-electron chi connectivity index (χ1n) is 8.56. The van der Waals surface area contributed by atoms with Crippen LogP contribution in [0.3, 0.4) is 0 Å². The number of carbonyl (C=O) groups excluding carboxylic acids is 2. The van der Waals surface area contributed by atoms with Crippen LogP contribution in [0.2, 0.25) is 0 Å². The SMILES string of the molecule is CC(C)c1ccccc1NC(=O)CN1C(=O)COc2ccc(C(=O)O)cc21. The van der Waals surface area contributed by atoms with Gasteiger partial charge in [0.05, 0.1) is 11.3 Å². The minimum Gasteiger partial charge on any atom is -0.482 e. The Morgan fingerprint density at radius 2 is 1.96 bits per heavy atom. The zero-order chi connectivity index (χ0) is 19.6. The van der Waals surface area contributed by atoms with Crippen LogP contribution < -0.4 is 15.0 Å². The number of benzene rings is 2. The van der Waals surface area contributed by atoms with Gasteiger partial charge in [-0.25, -0.2) is 4.79 Å². The van der Waals surface area contributed by atoms with Gasteiger partial charge >= 0.3 is 5.97 Å². The molecular weight excluding hydrogens is 348 g/mol. The third-order valence-corrected chi connectivity index (χ3v) is 4.31. The largest absolute Gasteiger partial charge is 0.482 e. The Bertz CT molecular complexity index is 907. The molecule has 1 aliphatic heterocycles. The van der Waals surface area contributed by atoms with E-state index < -0.39 is 11.9 Å². The van der Waals surface area contributed by atoms with E-state index in [-0.39, 0.29) is 36.2 Å². The molecule has 0 atom stereocenters. The lowest BCUT2D eigenvalue weighted by Gasteiger charge is -2.29. The number of carboxylic acids is 1. The second-order valence-corrected chi connectivity index (χ2v) is 6.55. The van der Waals surface area contributed by atoms with E-state index in [1.807, 2.05) is 38.1 Å². The summed E-state index contributed by atoms with van der Waals surface area (Å²) >= 11 is 0. The molecule has 0 saturated heterocycles. The summed E-state index contributed by atoms with van der Waals surface area (Å²) in [5.41, 5.74) is 1.98. The second-order valence-electron chi connectivity index (χ2n) is 6.55. The minimum atomic E-state index is -1.12. The van der Waals surface area contributed by atoms with Crippen LogP contribution in [0.4, 0.5) is 11.4 Å². The van der Waals surface area contributed by atoms with Gasteiger partial charge in [0.25, 0.3) is 5.91 Å². The number of anilines is 2. The van der Waals surface area contributed by atoms with E-state index >= 15 is 0 Å². The predicted octanol–water partition coefficient (Wildman–Crippen LogP) is 2.87. The smallest absolute Gasteiger partial charge is 0.335 e. The van der Waals surface area contributed by atoms with Gasteiger partial charge in [-0.05, 0) is 35.7 Å². The lowest BCUT2D eigenvalue weighted by molar-refractivity contribution is -0.123. The van der Waals surface area contributed by atoms with Gasteiger partial charge in [-0.3, -0.25) is 14.5 Å². The molecular formula is C20H20N2O5. The van der Waals surface area contributed by atoms with Crippen LogP contribution in [0, 0.1) is 0 Å². The van der Waals surface area contributed by atoms with E-state index in [0.717, 1.165) is 5.56 Å². The van der Waals surface area contributed by atoms with Gasteiger partial charge in [-0.15, -0.1) is 0 Å². The number of nitrogens with one attached hydrogen (secondary N) is 1. The summed E-state index contributed by atoms with van der Waals surface area (Å²) in [6.07, 6.45) is 0. The number of nitrogens with zero attached hydrogens (tertiary/aromatic N) is 1. The van der Waals surface area contributed by atoms with E-state index in [4.69, 9.17) is 4.74 Å². The van der Waals surface area contributed by atoms with E-state index in [9.17, 15) is 19.5 Å². The standard InChI is InChI=1S/C20H20N2O5/c1-12(2)14-5-3-4-6-15(14)21-18(23)10-22-16-9-13(20(25)26)7-8-17(16)27-11-19(22)24/h3-9,12H,10-11H2,1-2H3,(H,21,23)(H,25,26). The van der Waals surface area contributed by atoms with Crippen LogP contribution in [0.1, 0.15) is 35.7 Å². The summed E-state index contributed by atoms with van der Waals surface area (Å²) in [5, 5.41) is 12.0. The molecule has 1 heterocycles. The van der Waals surface area contributed by atoms with Crippen molar-refractivity contribution in [3.8, 4) is 5.75 Å². The van der Waals surface area contributed by atoms with Crippen LogP contribution in [-0.2, 0) is 9.59 Å². The molecule has 0 spiro atoms. The number of fused-ring (bicyclic) bond motifs is 1. The Morgan fingerprint density at radius 1 is 1.22 bits per heavy atom. The molecule has 27 heavy (non-hydrogen) atoms. The van der Waals surface area contributed by atoms with Crippen molar-refractivity contribution in [3.05, 3.63) is 53.6 Å². The summed E-state index contributed by atoms with van der Waals surface area (Å²) in [4.78, 5) is 37.3. The molecule has 0 saturated carbocycles. The minimum absolute atomic E-state index is 0.0163. The number of ether oxygens (including phenoxy) is 1. The van der Waals surface area contributed by atoms with Crippen molar-refractivity contribution in [2.45, 2.75) is 19.8 Å². The first-order valence-corrected chi connectivity index (χ1v) is 8.56. The van der Waals surface area contributed by atoms with Crippen molar-refractivity contribution >= 4 is 29.2 Å². The molecule has 2 aromatic rings. The van der Waals surface area contributed by atoms with E-state index in [1.165, 1.54) is 23.1 Å². The third kappa shape index (κ3) is 3.92. The molecule has 0 aromatic heterocycles. The maximum Gasteiger partial charge on any atom is 0.335 e. The van der Waals surface area contributed by atoms with Crippen LogP contribution in [0.25, 0.3) is 0 Å². The maximum atomic E-state index is 12.6. The number of hydrogen-bond donors (Lipinski definition) is 2. The Kier molecular flexibility index (Phi) is 5.12. The summed E-state index contributed by atoms with van der Waals surface area (Å²) < 4.78 is 5.34. The molecule has 3 rings (SSSR count). The molecule has 7 nitrogen and oxygen atoms in total. The average Bonchev–Trinajstić information content (AvgIpc) is 2.64. The Hall–Kier alpha value is -3.35. The number of carboxylic acid groups (broad SMARTS) is 1. The molecule has 2 amide bonds. The number of para-hydroxylation sites is 1. The second kappa shape index (κ2) is 7.49. The topological polar surface area (TPSA) is 95.9 Å². The Balaban J connectivity index is 1.83. The summed E-state index contributed by atoms with van der Waals surface area (Å²) in [5.74, 6) is -1.30. The fraction of sp³-hybridized carbons (Fsp3) is 0.250. The number of amides is 2. The lowest BCUT2D eigenvalue weighted by Crippen LogP contribution is -2.43. The normalized spacial score (nSPS) is 13.1. The highest BCUT2D eigenvalue weighted by atomic mass is 16.5. The highest BCUT2D eigenvalue weighted by molar-refractivity contribution is 6.06. The van der Waals surface area contributed by atoms with Crippen molar-refractivity contribution in [2.75, 3.05) is 23.4 Å². The lowest BCUT2D eigenvalue weighted by atomic mass is 10.0. The van der Waals surface area contributed by atoms with Crippen LogP contribution >= 0.6 is 0 Å². The molecule has 2 N–H and O–H groups in total. The Labute approximate surface area is 156 Å². The molecule has 0 unspecified atom stereocenters. The van der Waals surface area contributed by atoms with Gasteiger partial charge in [0, 0.05) is 5.69 Å². The highest BCUT2D eigenvalue weighted by Gasteiger charge is 2.28. The summed E-state index contributed by atoms with van der Waals surface area (Å²) in [6.45, 7) is 3.63. The first-order chi connectivity index (χ1) is 12.9. The van der Waals surface area contributed by atoms with Crippen molar-refractivity contribution in [1.29, 1.82) is 0 Å². The molecule has 0 radical (unpaired) electrons. The molecule has 140 valence electrons. The molecule has 7 heteroatoms. The fourth-order valence-electron chi connectivity index (χ4n) is 2.96. The van der Waals surface area contributed by atoms with Gasteiger partial charge in [0.15, 0.2) is 6.61 Å². The molecule has 2 aromatic carbocycles. The number of carbonyl (C=O) groups is 3. The van der Waals surface area contributed by atoms with Gasteiger partial charge in [-0.2, -0.15) is 0 Å². The summed E-state index contributed by atoms with van der Waals surface area (Å²) in [7, 11) is 0. The maximum absolute atomic E-state index is 12.6. The highest BCUT2D eigenvalue weighted by Crippen LogP contribution is 2.33. The van der Waals surface area contributed by atoms with Crippen LogP contribution in [-0.4, -0.2) is 36.0 Å². The van der Waals surface area contributed by atoms with E-state index in [1.54, 1.807) is 0 Å². The third-order valence-electron chi connectivity index (χ3n) is 4.31. The van der Waals surface area contributed by atoms with E-state index in [2.05, 4.69) is 5.32 Å². The van der Waals surface area contributed by atoms with Crippen molar-refractivity contribution in [3.63, 3.8) is 0 Å². The van der Waals surface area contributed by atoms with Crippen LogP contribution in [0.5, 0.6) is 5.75 Å². The van der Waals surface area contributed by atoms with Crippen molar-refractivity contribution < 1.29 is 24.2 Å². The molecule has 0 aliphatic carbocycles. The van der Waals surface area contributed by atoms with Gasteiger partial charge in [-0.1, -0.05) is 32.0 Å². The number of aromatic carboxylic acids is 1. The van der Waals surface area contributed by atoms with Gasteiger partial charge < -0.3 is 15.2 Å². The predicted molar refractivity (Wildman–Crippen MR) is 100 cm³/mol. The zero-order valence-electron chi connectivity index (χ0n) is 15.1. The van der Waals surface area contributed by atoms with Crippen LogP contribution in [0.15, 0.2) is 42.5 Å². The summed E-state index contributed by atoms with van der Waals surface area (Å²) in [6, 6.07) is 11.7. The van der Waals surface area contributed by atoms with Gasteiger partial charge in [0.1, 0.15) is 12.3 Å². The quantitative estimate of drug-likeness (QED) is 0.846. The molecule has 0 bridgehead atoms. The van der Waals surface area contributed by atoms with Crippen molar-refractivity contribution in [1.82, 2.24) is 0 Å². The van der Waals surface area contributed by atoms with E-state index in [0.29, 0.717) is 11.4 Å².